The summed E-state index contributed by atoms with van der Waals surface area (Å²) in [6, 6.07) is 19.7. The van der Waals surface area contributed by atoms with E-state index in [1.165, 1.54) is 21.6 Å². The van der Waals surface area contributed by atoms with Crippen molar-refractivity contribution < 1.29 is 18.8 Å². The van der Waals surface area contributed by atoms with Gasteiger partial charge >= 0.3 is 4.87 Å². The first kappa shape index (κ1) is 29.0. The molecule has 7 nitrogen and oxygen atoms in total. The van der Waals surface area contributed by atoms with Crippen LogP contribution in [0.4, 0.5) is 15.8 Å². The van der Waals surface area contributed by atoms with Crippen molar-refractivity contribution in [2.24, 2.45) is 29.6 Å². The number of carbonyl (C=O) groups is 3. The minimum absolute atomic E-state index is 0.0458. The van der Waals surface area contributed by atoms with E-state index in [0.29, 0.717) is 26.4 Å². The first-order valence-electron chi connectivity index (χ1n) is 14.5. The van der Waals surface area contributed by atoms with Gasteiger partial charge in [0.2, 0.25) is 17.7 Å². The highest BCUT2D eigenvalue weighted by molar-refractivity contribution is 8.00. The number of hydrogen-bond acceptors (Lipinski definition) is 6. The molecule has 4 aliphatic rings. The summed E-state index contributed by atoms with van der Waals surface area (Å²) in [6.45, 7) is -0.185. The zero-order valence-electron chi connectivity index (χ0n) is 23.4. The molecule has 3 heterocycles. The molecule has 3 fully saturated rings. The molecule has 7 unspecified atom stereocenters. The lowest BCUT2D eigenvalue weighted by Crippen LogP contribution is -2.43. The Balaban J connectivity index is 1.17. The van der Waals surface area contributed by atoms with Crippen molar-refractivity contribution in [1.29, 1.82) is 0 Å². The Labute approximate surface area is 275 Å². The maximum absolute atomic E-state index is 14.1. The number of imide groups is 1. The van der Waals surface area contributed by atoms with Gasteiger partial charge in [0.15, 0.2) is 0 Å². The highest BCUT2D eigenvalue weighted by Crippen LogP contribution is 2.69. The maximum Gasteiger partial charge on any atom is 0.308 e. The summed E-state index contributed by atoms with van der Waals surface area (Å²) < 4.78 is 15.6. The van der Waals surface area contributed by atoms with E-state index in [1.54, 1.807) is 72.4 Å². The molecular weight excluding hydrogens is 656 g/mol. The smallest absolute Gasteiger partial charge is 0.308 e. The van der Waals surface area contributed by atoms with Crippen LogP contribution in [0.1, 0.15) is 22.8 Å². The van der Waals surface area contributed by atoms with Gasteiger partial charge in [0.25, 0.3) is 0 Å². The van der Waals surface area contributed by atoms with E-state index >= 15 is 0 Å². The number of hydrogen-bond donors (Lipinski definition) is 1. The van der Waals surface area contributed by atoms with Gasteiger partial charge in [-0.1, -0.05) is 46.7 Å². The lowest BCUT2D eigenvalue weighted by Gasteiger charge is -2.43. The van der Waals surface area contributed by atoms with Crippen LogP contribution in [-0.4, -0.2) is 27.5 Å². The Morgan fingerprint density at radius 1 is 0.867 bits per heavy atom. The van der Waals surface area contributed by atoms with Crippen LogP contribution in [0, 0.1) is 35.4 Å². The molecule has 228 valence electrons. The number of benzene rings is 3. The monoisotopic (exact) mass is 679 g/mol. The van der Waals surface area contributed by atoms with Gasteiger partial charge in [-0.3, -0.25) is 28.6 Å². The fraction of sp³-hybridized carbons (Fsp3) is 0.273. The third-order valence-corrected chi connectivity index (χ3v) is 13.0. The molecule has 2 aliphatic carbocycles. The van der Waals surface area contributed by atoms with Crippen molar-refractivity contribution >= 4 is 75.4 Å². The maximum atomic E-state index is 14.1. The van der Waals surface area contributed by atoms with E-state index in [2.05, 4.69) is 5.32 Å². The SMILES string of the molecule is O=C(Cn1c2c(sc1=O)C(c1ccc(F)cc1)C1C3CC(C1S2)C1C(=O)N(c2ccc(Cl)cc2)C(=O)C31)Nc1ccc(Cl)cc1. The van der Waals surface area contributed by atoms with Crippen LogP contribution in [0.25, 0.3) is 0 Å². The number of rotatable bonds is 5. The van der Waals surface area contributed by atoms with Crippen molar-refractivity contribution in [3.8, 4) is 0 Å². The number of aromatic nitrogens is 1. The molecular formula is C33H24Cl2FN3O4S2. The minimum Gasteiger partial charge on any atom is -0.325 e. The number of anilines is 2. The predicted octanol–water partition coefficient (Wildman–Crippen LogP) is 6.67. The number of carbonyl (C=O) groups excluding carboxylic acids is 3. The lowest BCUT2D eigenvalue weighted by atomic mass is 9.68. The average molecular weight is 681 g/mol. The van der Waals surface area contributed by atoms with Crippen LogP contribution in [-0.2, 0) is 20.9 Å². The van der Waals surface area contributed by atoms with E-state index in [-0.39, 0.29) is 63.9 Å². The number of thioether (sulfide) groups is 1. The Morgan fingerprint density at radius 2 is 1.49 bits per heavy atom. The number of thiazole rings is 1. The van der Waals surface area contributed by atoms with Gasteiger partial charge < -0.3 is 5.32 Å². The molecule has 1 saturated heterocycles. The van der Waals surface area contributed by atoms with E-state index in [1.807, 2.05) is 0 Å². The van der Waals surface area contributed by atoms with Crippen molar-refractivity contribution in [3.63, 3.8) is 0 Å². The van der Waals surface area contributed by atoms with Crippen molar-refractivity contribution in [2.75, 3.05) is 10.2 Å². The Hall–Kier alpha value is -3.44. The standard InChI is InChI=1S/C33H24Cl2FN3O4S2/c34-16-3-9-19(10-4-16)37-23(40)14-38-32-29(45-33(38)43)24(15-1-7-18(36)8-2-15)25-21-13-22(28(25)44-32)27-26(21)30(41)39(31(27)42)20-11-5-17(35)6-12-20/h1-12,21-22,24-28H,13-14H2,(H,37,40). The zero-order valence-corrected chi connectivity index (χ0v) is 26.5. The molecule has 0 radical (unpaired) electrons. The number of nitrogens with one attached hydrogen (secondary N) is 1. The highest BCUT2D eigenvalue weighted by Gasteiger charge is 2.69. The van der Waals surface area contributed by atoms with Gasteiger partial charge in [0.1, 0.15) is 12.4 Å². The van der Waals surface area contributed by atoms with Crippen LogP contribution in [0.3, 0.4) is 0 Å². The topological polar surface area (TPSA) is 88.5 Å². The van der Waals surface area contributed by atoms with Gasteiger partial charge in [0, 0.05) is 31.8 Å². The molecule has 3 aromatic carbocycles. The fourth-order valence-corrected chi connectivity index (χ4v) is 11.4. The quantitative estimate of drug-likeness (QED) is 0.238. The number of amides is 3. The number of nitrogens with zero attached hydrogens (tertiary/aromatic N) is 2. The first-order valence-corrected chi connectivity index (χ1v) is 17.0. The highest BCUT2D eigenvalue weighted by atomic mass is 35.5. The summed E-state index contributed by atoms with van der Waals surface area (Å²) in [5.74, 6) is -2.56. The minimum atomic E-state index is -0.464. The summed E-state index contributed by atoms with van der Waals surface area (Å²) in [7, 11) is 0. The lowest BCUT2D eigenvalue weighted by molar-refractivity contribution is -0.123. The summed E-state index contributed by atoms with van der Waals surface area (Å²) >= 11 is 14.7. The molecule has 12 heteroatoms. The van der Waals surface area contributed by atoms with Crippen molar-refractivity contribution in [1.82, 2.24) is 4.57 Å². The number of halogens is 3. The molecule has 0 spiro atoms. The summed E-state index contributed by atoms with van der Waals surface area (Å²) in [5.41, 5.74) is 1.92. The summed E-state index contributed by atoms with van der Waals surface area (Å²) in [4.78, 5) is 56.3. The molecule has 2 bridgehead atoms. The first-order chi connectivity index (χ1) is 21.7. The van der Waals surface area contributed by atoms with Crippen LogP contribution >= 0.6 is 46.3 Å². The summed E-state index contributed by atoms with van der Waals surface area (Å²) in [6.07, 6.45) is 0.720. The van der Waals surface area contributed by atoms with E-state index < -0.39 is 11.8 Å². The number of fused-ring (bicyclic) bond motifs is 9. The average Bonchev–Trinajstić information content (AvgIpc) is 3.74. The second-order valence-electron chi connectivity index (χ2n) is 12.0. The molecule has 1 aromatic heterocycles. The molecule has 2 aliphatic heterocycles. The van der Waals surface area contributed by atoms with E-state index in [9.17, 15) is 23.6 Å². The van der Waals surface area contributed by atoms with Crippen molar-refractivity contribution in [2.45, 2.75) is 29.2 Å². The molecule has 45 heavy (non-hydrogen) atoms. The second kappa shape index (κ2) is 10.8. The van der Waals surface area contributed by atoms with Crippen LogP contribution in [0.15, 0.2) is 82.6 Å². The van der Waals surface area contributed by atoms with Gasteiger partial charge in [0.05, 0.1) is 22.5 Å². The van der Waals surface area contributed by atoms with Crippen molar-refractivity contribution in [3.05, 3.63) is 109 Å². The second-order valence-corrected chi connectivity index (χ2v) is 15.0. The summed E-state index contributed by atoms with van der Waals surface area (Å²) in [5, 5.41) is 4.51. The molecule has 1 N–H and O–H groups in total. The molecule has 3 amide bonds. The largest absolute Gasteiger partial charge is 0.325 e. The molecule has 7 atom stereocenters. The molecule has 4 aromatic rings. The zero-order chi connectivity index (χ0) is 31.1. The van der Waals surface area contributed by atoms with Gasteiger partial charge in [-0.15, -0.1) is 11.8 Å². The third kappa shape index (κ3) is 4.60. The van der Waals surface area contributed by atoms with Gasteiger partial charge in [-0.25, -0.2) is 4.39 Å². The fourth-order valence-electron chi connectivity index (χ4n) is 8.02. The van der Waals surface area contributed by atoms with Crippen LogP contribution in [0.5, 0.6) is 0 Å². The van der Waals surface area contributed by atoms with Gasteiger partial charge in [-0.05, 0) is 90.4 Å². The van der Waals surface area contributed by atoms with Crippen LogP contribution < -0.4 is 15.1 Å². The Morgan fingerprint density at radius 3 is 2.16 bits per heavy atom. The predicted molar refractivity (Wildman–Crippen MR) is 173 cm³/mol. The molecule has 8 rings (SSSR count). The molecule has 2 saturated carbocycles. The third-order valence-electron chi connectivity index (χ3n) is 9.69. The van der Waals surface area contributed by atoms with Crippen LogP contribution in [0.2, 0.25) is 10.0 Å². The Kier molecular flexibility index (Phi) is 6.98. The van der Waals surface area contributed by atoms with E-state index in [0.717, 1.165) is 28.2 Å². The van der Waals surface area contributed by atoms with E-state index in [4.69, 9.17) is 23.2 Å². The van der Waals surface area contributed by atoms with Gasteiger partial charge in [-0.2, -0.15) is 0 Å². The Bertz CT molecular complexity index is 1930. The normalized spacial score (nSPS) is 27.8.